The smallest absolute Gasteiger partial charge is 0.142 e. The summed E-state index contributed by atoms with van der Waals surface area (Å²) in [6, 6.07) is 11.8. The average molecular weight is 402 g/mol. The van der Waals surface area contributed by atoms with E-state index < -0.39 is 0 Å². The van der Waals surface area contributed by atoms with Gasteiger partial charge in [-0.25, -0.2) is 9.97 Å². The molecule has 0 bridgehead atoms. The Morgan fingerprint density at radius 2 is 2.10 bits per heavy atom. The molecular formula is C21H18N6OS. The lowest BCUT2D eigenvalue weighted by atomic mass is 10.1. The Morgan fingerprint density at radius 3 is 2.93 bits per heavy atom. The van der Waals surface area contributed by atoms with E-state index in [-0.39, 0.29) is 0 Å². The van der Waals surface area contributed by atoms with Crippen molar-refractivity contribution in [2.75, 3.05) is 12.8 Å². The predicted molar refractivity (Wildman–Crippen MR) is 115 cm³/mol. The highest BCUT2D eigenvalue weighted by Crippen LogP contribution is 2.30. The van der Waals surface area contributed by atoms with Crippen LogP contribution in [0.3, 0.4) is 0 Å². The van der Waals surface area contributed by atoms with Crippen LogP contribution in [0.2, 0.25) is 0 Å². The molecular weight excluding hydrogens is 384 g/mol. The van der Waals surface area contributed by atoms with Crippen LogP contribution in [0, 0.1) is 0 Å². The van der Waals surface area contributed by atoms with Crippen LogP contribution in [0.5, 0.6) is 5.75 Å². The molecule has 0 spiro atoms. The van der Waals surface area contributed by atoms with Crippen LogP contribution in [0.15, 0.2) is 60.4 Å². The molecule has 144 valence electrons. The van der Waals surface area contributed by atoms with Crippen LogP contribution in [0.25, 0.3) is 33.5 Å². The minimum atomic E-state index is 0.422. The number of hydrogen-bond acceptors (Lipinski definition) is 6. The molecule has 5 rings (SSSR count). The molecule has 29 heavy (non-hydrogen) atoms. The molecule has 0 aliphatic rings. The van der Waals surface area contributed by atoms with Crippen molar-refractivity contribution in [1.29, 1.82) is 0 Å². The molecule has 1 aromatic carbocycles. The second kappa shape index (κ2) is 7.06. The van der Waals surface area contributed by atoms with Crippen LogP contribution in [-0.2, 0) is 6.54 Å². The first-order valence-electron chi connectivity index (χ1n) is 9.04. The SMILES string of the molecule is COc1ccc2nc(-c3cc(-c4cnn(Cc5cccs5)c4)cnc3N)[nH]c2c1. The van der Waals surface area contributed by atoms with Gasteiger partial charge in [-0.15, -0.1) is 11.3 Å². The van der Waals surface area contributed by atoms with E-state index in [4.69, 9.17) is 10.5 Å². The molecule has 5 aromatic rings. The second-order valence-electron chi connectivity index (χ2n) is 6.63. The highest BCUT2D eigenvalue weighted by Gasteiger charge is 2.13. The van der Waals surface area contributed by atoms with E-state index in [1.54, 1.807) is 24.6 Å². The highest BCUT2D eigenvalue weighted by molar-refractivity contribution is 7.09. The summed E-state index contributed by atoms with van der Waals surface area (Å²) in [6.07, 6.45) is 5.62. The van der Waals surface area contributed by atoms with Gasteiger partial charge in [0.05, 0.1) is 36.4 Å². The summed E-state index contributed by atoms with van der Waals surface area (Å²) in [5.74, 6) is 1.86. The number of nitrogens with one attached hydrogen (secondary N) is 1. The minimum Gasteiger partial charge on any atom is -0.497 e. The molecule has 0 saturated carbocycles. The largest absolute Gasteiger partial charge is 0.497 e. The molecule has 4 heterocycles. The molecule has 3 N–H and O–H groups in total. The third-order valence-electron chi connectivity index (χ3n) is 4.73. The van der Waals surface area contributed by atoms with Gasteiger partial charge in [-0.3, -0.25) is 4.68 Å². The Kier molecular flexibility index (Phi) is 4.25. The number of methoxy groups -OCH3 is 1. The number of nitrogens with zero attached hydrogens (tertiary/aromatic N) is 4. The van der Waals surface area contributed by atoms with Gasteiger partial charge in [-0.1, -0.05) is 6.07 Å². The number of rotatable bonds is 5. The zero-order valence-corrected chi connectivity index (χ0v) is 16.5. The van der Waals surface area contributed by atoms with Crippen molar-refractivity contribution in [3.8, 4) is 28.3 Å². The van der Waals surface area contributed by atoms with Crippen LogP contribution >= 0.6 is 11.3 Å². The number of benzene rings is 1. The summed E-state index contributed by atoms with van der Waals surface area (Å²) in [6.45, 7) is 0.748. The average Bonchev–Trinajstić information content (AvgIpc) is 3.49. The molecule has 0 aliphatic carbocycles. The number of aromatic nitrogens is 5. The van der Waals surface area contributed by atoms with Crippen LogP contribution in [0.4, 0.5) is 5.82 Å². The maximum absolute atomic E-state index is 6.16. The number of thiophene rings is 1. The summed E-state index contributed by atoms with van der Waals surface area (Å²) in [7, 11) is 1.64. The van der Waals surface area contributed by atoms with Crippen molar-refractivity contribution in [3.63, 3.8) is 0 Å². The first-order valence-corrected chi connectivity index (χ1v) is 9.92. The zero-order chi connectivity index (χ0) is 19.8. The van der Waals surface area contributed by atoms with Gasteiger partial charge in [-0.05, 0) is 29.6 Å². The van der Waals surface area contributed by atoms with Crippen LogP contribution in [-0.4, -0.2) is 31.8 Å². The van der Waals surface area contributed by atoms with E-state index in [9.17, 15) is 0 Å². The van der Waals surface area contributed by atoms with Crippen LogP contribution < -0.4 is 10.5 Å². The molecule has 0 atom stereocenters. The Labute approximate surface area is 170 Å². The number of aromatic amines is 1. The van der Waals surface area contributed by atoms with Crippen molar-refractivity contribution in [3.05, 3.63) is 65.2 Å². The predicted octanol–water partition coefficient (Wildman–Crippen LogP) is 4.19. The minimum absolute atomic E-state index is 0.422. The number of pyridine rings is 1. The molecule has 8 heteroatoms. The third kappa shape index (κ3) is 3.34. The quantitative estimate of drug-likeness (QED) is 0.460. The van der Waals surface area contributed by atoms with Crippen molar-refractivity contribution >= 4 is 28.2 Å². The number of fused-ring (bicyclic) bond motifs is 1. The number of nitrogen functional groups attached to an aromatic ring is 1. The lowest BCUT2D eigenvalue weighted by Crippen LogP contribution is -1.97. The molecule has 0 saturated heterocycles. The van der Waals surface area contributed by atoms with Crippen LogP contribution in [0.1, 0.15) is 4.88 Å². The Hall–Kier alpha value is -3.65. The van der Waals surface area contributed by atoms with Gasteiger partial charge < -0.3 is 15.5 Å². The van der Waals surface area contributed by atoms with Gasteiger partial charge in [0.1, 0.15) is 17.4 Å². The maximum Gasteiger partial charge on any atom is 0.142 e. The topological polar surface area (TPSA) is 94.6 Å². The van der Waals surface area contributed by atoms with Gasteiger partial charge in [0, 0.05) is 34.5 Å². The Morgan fingerprint density at radius 1 is 1.17 bits per heavy atom. The van der Waals surface area contributed by atoms with Gasteiger partial charge in [-0.2, -0.15) is 5.10 Å². The number of H-pyrrole nitrogens is 1. The highest BCUT2D eigenvalue weighted by atomic mass is 32.1. The summed E-state index contributed by atoms with van der Waals surface area (Å²) in [5, 5.41) is 6.54. The monoisotopic (exact) mass is 402 g/mol. The van der Waals surface area contributed by atoms with Crippen molar-refractivity contribution in [2.24, 2.45) is 0 Å². The van der Waals surface area contributed by atoms with Gasteiger partial charge in [0.15, 0.2) is 0 Å². The van der Waals surface area contributed by atoms with E-state index in [0.29, 0.717) is 11.6 Å². The lowest BCUT2D eigenvalue weighted by molar-refractivity contribution is 0.415. The Bertz CT molecular complexity index is 1290. The fourth-order valence-electron chi connectivity index (χ4n) is 3.23. The summed E-state index contributed by atoms with van der Waals surface area (Å²) in [5.41, 5.74) is 10.6. The van der Waals surface area contributed by atoms with E-state index in [2.05, 4.69) is 31.5 Å². The first kappa shape index (κ1) is 17.4. The normalized spacial score (nSPS) is 11.2. The molecule has 0 amide bonds. The summed E-state index contributed by atoms with van der Waals surface area (Å²) < 4.78 is 7.21. The number of ether oxygens (including phenoxy) is 1. The molecule has 4 aromatic heterocycles. The third-order valence-corrected chi connectivity index (χ3v) is 5.59. The van der Waals surface area contributed by atoms with Crippen molar-refractivity contribution in [1.82, 2.24) is 24.7 Å². The number of nitrogens with two attached hydrogens (primary N) is 1. The number of imidazole rings is 1. The summed E-state index contributed by atoms with van der Waals surface area (Å²) >= 11 is 1.72. The maximum atomic E-state index is 6.16. The second-order valence-corrected chi connectivity index (χ2v) is 7.66. The molecule has 0 radical (unpaired) electrons. The van der Waals surface area contributed by atoms with Gasteiger partial charge in [0.2, 0.25) is 0 Å². The van der Waals surface area contributed by atoms with E-state index in [0.717, 1.165) is 40.0 Å². The molecule has 0 fully saturated rings. The van der Waals surface area contributed by atoms with Gasteiger partial charge >= 0.3 is 0 Å². The Balaban J connectivity index is 1.50. The van der Waals surface area contributed by atoms with Gasteiger partial charge in [0.25, 0.3) is 0 Å². The van der Waals surface area contributed by atoms with Crippen molar-refractivity contribution in [2.45, 2.75) is 6.54 Å². The standard InChI is InChI=1S/C21H18N6OS/c1-28-15-4-5-18-19(8-15)26-21(25-18)17-7-13(9-23-20(17)22)14-10-24-27(11-14)12-16-3-2-6-29-16/h2-11H,12H2,1H3,(H2,22,23)(H,25,26). The molecule has 0 aliphatic heterocycles. The first-order chi connectivity index (χ1) is 14.2. The van der Waals surface area contributed by atoms with E-state index >= 15 is 0 Å². The summed E-state index contributed by atoms with van der Waals surface area (Å²) in [4.78, 5) is 13.6. The number of hydrogen-bond donors (Lipinski definition) is 2. The molecule has 0 unspecified atom stereocenters. The van der Waals surface area contributed by atoms with Crippen molar-refractivity contribution < 1.29 is 4.74 Å². The fraction of sp³-hybridized carbons (Fsp3) is 0.0952. The molecule has 7 nitrogen and oxygen atoms in total. The van der Waals surface area contributed by atoms with E-state index in [1.807, 2.05) is 47.4 Å². The number of anilines is 1. The van der Waals surface area contributed by atoms with E-state index in [1.165, 1.54) is 4.88 Å². The zero-order valence-electron chi connectivity index (χ0n) is 15.7. The fourth-order valence-corrected chi connectivity index (χ4v) is 3.92. The lowest BCUT2D eigenvalue weighted by Gasteiger charge is -2.04.